The van der Waals surface area contributed by atoms with Gasteiger partial charge in [-0.25, -0.2) is 4.79 Å². The van der Waals surface area contributed by atoms with Crippen molar-refractivity contribution in [2.75, 3.05) is 43.1 Å². The summed E-state index contributed by atoms with van der Waals surface area (Å²) in [5.41, 5.74) is 3.43. The minimum atomic E-state index is 0.127. The number of fused-ring (bicyclic) bond motifs is 1. The molecule has 5 nitrogen and oxygen atoms in total. The lowest BCUT2D eigenvalue weighted by atomic mass is 10.1. The summed E-state index contributed by atoms with van der Waals surface area (Å²) >= 11 is 0. The first-order valence-electron chi connectivity index (χ1n) is 9.23. The quantitative estimate of drug-likeness (QED) is 0.832. The third-order valence-corrected chi connectivity index (χ3v) is 5.39. The van der Waals surface area contributed by atoms with Gasteiger partial charge in [0.1, 0.15) is 5.75 Å². The van der Waals surface area contributed by atoms with Gasteiger partial charge in [0.15, 0.2) is 0 Å². The van der Waals surface area contributed by atoms with Crippen molar-refractivity contribution in [1.29, 1.82) is 0 Å². The van der Waals surface area contributed by atoms with Crippen LogP contribution in [0.5, 0.6) is 5.75 Å². The van der Waals surface area contributed by atoms with Crippen molar-refractivity contribution in [3.63, 3.8) is 0 Å². The molecule has 1 atom stereocenters. The Bertz CT molecular complexity index is 799. The molecule has 1 fully saturated rings. The summed E-state index contributed by atoms with van der Waals surface area (Å²) < 4.78 is 5.48. The van der Waals surface area contributed by atoms with Crippen LogP contribution < -0.4 is 14.5 Å². The number of benzene rings is 2. The van der Waals surface area contributed by atoms with Gasteiger partial charge in [-0.1, -0.05) is 30.3 Å². The number of anilines is 2. The van der Waals surface area contributed by atoms with Crippen LogP contribution in [0.1, 0.15) is 12.5 Å². The molecule has 5 heteroatoms. The molecule has 2 aliphatic rings. The molecule has 2 amide bonds. The summed E-state index contributed by atoms with van der Waals surface area (Å²) in [6.45, 7) is 5.21. The van der Waals surface area contributed by atoms with E-state index in [0.29, 0.717) is 0 Å². The molecule has 136 valence electrons. The van der Waals surface area contributed by atoms with Crippen molar-refractivity contribution < 1.29 is 9.53 Å². The van der Waals surface area contributed by atoms with Crippen molar-refractivity contribution in [1.82, 2.24) is 4.90 Å². The highest BCUT2D eigenvalue weighted by Crippen LogP contribution is 2.33. The zero-order valence-corrected chi connectivity index (χ0v) is 15.4. The molecular weight excluding hydrogens is 326 g/mol. The van der Waals surface area contributed by atoms with E-state index in [2.05, 4.69) is 30.0 Å². The lowest BCUT2D eigenvalue weighted by Gasteiger charge is -2.39. The first-order chi connectivity index (χ1) is 12.7. The number of carbonyl (C=O) groups is 1. The molecule has 0 bridgehead atoms. The predicted molar refractivity (Wildman–Crippen MR) is 104 cm³/mol. The van der Waals surface area contributed by atoms with E-state index in [1.165, 1.54) is 5.56 Å². The molecule has 0 aliphatic carbocycles. The first-order valence-corrected chi connectivity index (χ1v) is 9.23. The van der Waals surface area contributed by atoms with Gasteiger partial charge >= 0.3 is 6.03 Å². The van der Waals surface area contributed by atoms with E-state index in [1.807, 2.05) is 40.1 Å². The summed E-state index contributed by atoms with van der Waals surface area (Å²) in [6.07, 6.45) is 0.934. The standard InChI is InChI=1S/C21H25N3O2/c1-16-15-17-7-3-4-8-18(17)24(16)21(25)23-13-11-22(12-14-23)19-9-5-6-10-20(19)26-2/h3-10,16H,11-15H2,1-2H3. The maximum absolute atomic E-state index is 13.1. The van der Waals surface area contributed by atoms with Crippen LogP contribution in [0.3, 0.4) is 0 Å². The zero-order valence-electron chi connectivity index (χ0n) is 15.4. The minimum absolute atomic E-state index is 0.127. The molecule has 2 heterocycles. The third kappa shape index (κ3) is 2.87. The molecule has 0 aromatic heterocycles. The Labute approximate surface area is 154 Å². The van der Waals surface area contributed by atoms with Crippen LogP contribution in [0, 0.1) is 0 Å². The van der Waals surface area contributed by atoms with E-state index in [0.717, 1.165) is 49.7 Å². The van der Waals surface area contributed by atoms with Crippen LogP contribution in [0.25, 0.3) is 0 Å². The van der Waals surface area contributed by atoms with E-state index in [-0.39, 0.29) is 12.1 Å². The van der Waals surface area contributed by atoms with Gasteiger partial charge in [0.25, 0.3) is 0 Å². The number of hydrogen-bond acceptors (Lipinski definition) is 3. The summed E-state index contributed by atoms with van der Waals surface area (Å²) in [4.78, 5) is 19.4. The van der Waals surface area contributed by atoms with Crippen molar-refractivity contribution in [3.05, 3.63) is 54.1 Å². The van der Waals surface area contributed by atoms with E-state index in [4.69, 9.17) is 4.74 Å². The van der Waals surface area contributed by atoms with Gasteiger partial charge in [-0.2, -0.15) is 0 Å². The fourth-order valence-electron chi connectivity index (χ4n) is 4.04. The average Bonchev–Trinajstić information content (AvgIpc) is 3.03. The number of amides is 2. The molecule has 2 aliphatic heterocycles. The highest BCUT2D eigenvalue weighted by atomic mass is 16.5. The highest BCUT2D eigenvalue weighted by molar-refractivity contribution is 5.95. The average molecular weight is 351 g/mol. The molecule has 0 saturated carbocycles. The van der Waals surface area contributed by atoms with Crippen LogP contribution >= 0.6 is 0 Å². The minimum Gasteiger partial charge on any atom is -0.495 e. The third-order valence-electron chi connectivity index (χ3n) is 5.39. The number of nitrogens with zero attached hydrogens (tertiary/aromatic N) is 3. The van der Waals surface area contributed by atoms with Crippen LogP contribution in [-0.2, 0) is 6.42 Å². The normalized spacial score (nSPS) is 19.5. The number of rotatable bonds is 2. The smallest absolute Gasteiger partial charge is 0.324 e. The maximum Gasteiger partial charge on any atom is 0.324 e. The number of hydrogen-bond donors (Lipinski definition) is 0. The van der Waals surface area contributed by atoms with Crippen molar-refractivity contribution >= 4 is 17.4 Å². The molecule has 0 N–H and O–H groups in total. The van der Waals surface area contributed by atoms with Crippen molar-refractivity contribution in [2.45, 2.75) is 19.4 Å². The van der Waals surface area contributed by atoms with E-state index in [1.54, 1.807) is 7.11 Å². The van der Waals surface area contributed by atoms with Gasteiger partial charge in [-0.05, 0) is 37.1 Å². The second-order valence-electron chi connectivity index (χ2n) is 6.98. The fraction of sp³-hybridized carbons (Fsp3) is 0.381. The Morgan fingerprint density at radius 3 is 2.35 bits per heavy atom. The van der Waals surface area contributed by atoms with Gasteiger partial charge in [0.05, 0.1) is 12.8 Å². The molecule has 0 spiro atoms. The number of urea groups is 1. The topological polar surface area (TPSA) is 36.0 Å². The summed E-state index contributed by atoms with van der Waals surface area (Å²) in [5, 5.41) is 0. The van der Waals surface area contributed by atoms with Crippen LogP contribution in [0.15, 0.2) is 48.5 Å². The molecule has 26 heavy (non-hydrogen) atoms. The second kappa shape index (κ2) is 6.90. The number of carbonyl (C=O) groups excluding carboxylic acids is 1. The lowest BCUT2D eigenvalue weighted by Crippen LogP contribution is -2.54. The second-order valence-corrected chi connectivity index (χ2v) is 6.98. The van der Waals surface area contributed by atoms with Gasteiger partial charge < -0.3 is 14.5 Å². The predicted octanol–water partition coefficient (Wildman–Crippen LogP) is 3.39. The molecule has 1 saturated heterocycles. The van der Waals surface area contributed by atoms with Gasteiger partial charge in [0, 0.05) is 37.9 Å². The first kappa shape index (κ1) is 16.8. The Morgan fingerprint density at radius 1 is 0.962 bits per heavy atom. The summed E-state index contributed by atoms with van der Waals surface area (Å²) in [7, 11) is 1.70. The van der Waals surface area contributed by atoms with Crippen molar-refractivity contribution in [2.24, 2.45) is 0 Å². The fourth-order valence-corrected chi connectivity index (χ4v) is 4.04. The van der Waals surface area contributed by atoms with Crippen LogP contribution in [0.2, 0.25) is 0 Å². The Balaban J connectivity index is 1.46. The number of piperazine rings is 1. The SMILES string of the molecule is COc1ccccc1N1CCN(C(=O)N2c3ccccc3CC2C)CC1. The molecule has 1 unspecified atom stereocenters. The van der Waals surface area contributed by atoms with Crippen LogP contribution in [-0.4, -0.2) is 50.3 Å². The summed E-state index contributed by atoms with van der Waals surface area (Å²) in [5.74, 6) is 0.884. The Morgan fingerprint density at radius 2 is 1.62 bits per heavy atom. The molecule has 2 aromatic carbocycles. The Hall–Kier alpha value is -2.69. The summed E-state index contributed by atoms with van der Waals surface area (Å²) in [6, 6.07) is 16.6. The molecule has 4 rings (SSSR count). The number of para-hydroxylation sites is 3. The van der Waals surface area contributed by atoms with Gasteiger partial charge in [-0.15, -0.1) is 0 Å². The maximum atomic E-state index is 13.1. The number of methoxy groups -OCH3 is 1. The molecule has 0 radical (unpaired) electrons. The van der Waals surface area contributed by atoms with Crippen LogP contribution in [0.4, 0.5) is 16.2 Å². The highest BCUT2D eigenvalue weighted by Gasteiger charge is 2.34. The van der Waals surface area contributed by atoms with E-state index >= 15 is 0 Å². The van der Waals surface area contributed by atoms with Gasteiger partial charge in [-0.3, -0.25) is 4.90 Å². The zero-order chi connectivity index (χ0) is 18.1. The van der Waals surface area contributed by atoms with E-state index < -0.39 is 0 Å². The largest absolute Gasteiger partial charge is 0.495 e. The van der Waals surface area contributed by atoms with E-state index in [9.17, 15) is 4.79 Å². The molecule has 2 aromatic rings. The monoisotopic (exact) mass is 351 g/mol. The lowest BCUT2D eigenvalue weighted by molar-refractivity contribution is 0.199. The Kier molecular flexibility index (Phi) is 4.45. The van der Waals surface area contributed by atoms with Gasteiger partial charge in [0.2, 0.25) is 0 Å². The van der Waals surface area contributed by atoms with Crippen molar-refractivity contribution in [3.8, 4) is 5.75 Å². The number of ether oxygens (including phenoxy) is 1. The molecular formula is C21H25N3O2.